The fraction of sp³-hybridized carbons (Fsp3) is 0.353. The Morgan fingerprint density at radius 1 is 1.09 bits per heavy atom. The maximum absolute atomic E-state index is 9.16. The van der Waals surface area contributed by atoms with Gasteiger partial charge >= 0.3 is 0 Å². The van der Waals surface area contributed by atoms with Gasteiger partial charge in [-0.05, 0) is 24.6 Å². The number of aromatic nitrogens is 2. The summed E-state index contributed by atoms with van der Waals surface area (Å²) in [5.41, 5.74) is 1.66. The summed E-state index contributed by atoms with van der Waals surface area (Å²) in [6.45, 7) is 5.73. The number of hydrogen-bond acceptors (Lipinski definition) is 5. The zero-order valence-electron chi connectivity index (χ0n) is 13.0. The first-order valence-electron chi connectivity index (χ1n) is 7.64. The number of nitriles is 1. The number of halogens is 1. The van der Waals surface area contributed by atoms with Gasteiger partial charge in [-0.2, -0.15) is 5.26 Å². The highest BCUT2D eigenvalue weighted by atomic mass is 35.5. The highest BCUT2D eigenvalue weighted by molar-refractivity contribution is 6.30. The van der Waals surface area contributed by atoms with E-state index in [1.165, 1.54) is 5.56 Å². The third kappa shape index (κ3) is 3.44. The molecule has 1 saturated heterocycles. The van der Waals surface area contributed by atoms with E-state index in [-0.39, 0.29) is 0 Å². The normalized spacial score (nSPS) is 16.8. The number of rotatable bonds is 3. The SMILES string of the molecule is CC(c1ccc(Cl)cc1)N1CCN(c2nccnc2C#N)CC1. The van der Waals surface area contributed by atoms with Gasteiger partial charge in [-0.1, -0.05) is 23.7 Å². The molecule has 0 spiro atoms. The van der Waals surface area contributed by atoms with Gasteiger partial charge in [0.1, 0.15) is 6.07 Å². The summed E-state index contributed by atoms with van der Waals surface area (Å²) in [6.07, 6.45) is 3.19. The van der Waals surface area contributed by atoms with E-state index in [9.17, 15) is 0 Å². The maximum atomic E-state index is 9.16. The van der Waals surface area contributed by atoms with E-state index in [4.69, 9.17) is 16.9 Å². The zero-order chi connectivity index (χ0) is 16.2. The molecular weight excluding hydrogens is 310 g/mol. The molecule has 1 aliphatic rings. The number of hydrogen-bond donors (Lipinski definition) is 0. The van der Waals surface area contributed by atoms with Crippen LogP contribution >= 0.6 is 11.6 Å². The topological polar surface area (TPSA) is 56.1 Å². The zero-order valence-corrected chi connectivity index (χ0v) is 13.7. The Morgan fingerprint density at radius 2 is 1.74 bits per heavy atom. The van der Waals surface area contributed by atoms with Crippen LogP contribution in [0.3, 0.4) is 0 Å². The van der Waals surface area contributed by atoms with E-state index < -0.39 is 0 Å². The summed E-state index contributed by atoms with van der Waals surface area (Å²) in [7, 11) is 0. The van der Waals surface area contributed by atoms with E-state index in [0.29, 0.717) is 17.6 Å². The van der Waals surface area contributed by atoms with Crippen LogP contribution in [0.5, 0.6) is 0 Å². The first-order chi connectivity index (χ1) is 11.2. The summed E-state index contributed by atoms with van der Waals surface area (Å²) in [6, 6.07) is 10.5. The van der Waals surface area contributed by atoms with Gasteiger partial charge in [0.25, 0.3) is 0 Å². The number of benzene rings is 1. The van der Waals surface area contributed by atoms with Crippen LogP contribution in [-0.4, -0.2) is 41.0 Å². The third-order valence-electron chi connectivity index (χ3n) is 4.30. The Hall–Kier alpha value is -2.16. The van der Waals surface area contributed by atoms with Crippen LogP contribution in [0.25, 0.3) is 0 Å². The minimum Gasteiger partial charge on any atom is -0.352 e. The first kappa shape index (κ1) is 15.7. The summed E-state index contributed by atoms with van der Waals surface area (Å²) >= 11 is 5.96. The van der Waals surface area contributed by atoms with Crippen molar-refractivity contribution < 1.29 is 0 Å². The molecule has 0 N–H and O–H groups in total. The molecule has 118 valence electrons. The van der Waals surface area contributed by atoms with Gasteiger partial charge in [0.05, 0.1) is 0 Å². The molecule has 1 unspecified atom stereocenters. The Labute approximate surface area is 141 Å². The van der Waals surface area contributed by atoms with Crippen LogP contribution in [0.2, 0.25) is 5.02 Å². The van der Waals surface area contributed by atoms with Crippen molar-refractivity contribution >= 4 is 17.4 Å². The lowest BCUT2D eigenvalue weighted by molar-refractivity contribution is 0.198. The molecule has 23 heavy (non-hydrogen) atoms. The van der Waals surface area contributed by atoms with Gasteiger partial charge in [-0.25, -0.2) is 9.97 Å². The van der Waals surface area contributed by atoms with Crippen molar-refractivity contribution in [3.63, 3.8) is 0 Å². The maximum Gasteiger partial charge on any atom is 0.183 e. The van der Waals surface area contributed by atoms with Crippen LogP contribution in [0, 0.1) is 11.3 Å². The molecule has 0 amide bonds. The first-order valence-corrected chi connectivity index (χ1v) is 8.02. The minimum atomic E-state index is 0.340. The standard InChI is InChI=1S/C17H18ClN5/c1-13(14-2-4-15(18)5-3-14)22-8-10-23(11-9-22)17-16(12-19)20-6-7-21-17/h2-7,13H,8-11H2,1H3. The van der Waals surface area contributed by atoms with E-state index in [1.54, 1.807) is 12.4 Å². The molecule has 0 saturated carbocycles. The average Bonchev–Trinajstić information content (AvgIpc) is 2.62. The van der Waals surface area contributed by atoms with E-state index in [0.717, 1.165) is 31.2 Å². The molecule has 1 aromatic heterocycles. The summed E-state index contributed by atoms with van der Waals surface area (Å²) in [5.74, 6) is 0.689. The molecular formula is C17H18ClN5. The lowest BCUT2D eigenvalue weighted by atomic mass is 10.1. The lowest BCUT2D eigenvalue weighted by Crippen LogP contribution is -2.47. The molecule has 2 heterocycles. The molecule has 6 heteroatoms. The summed E-state index contributed by atoms with van der Waals surface area (Å²) in [5, 5.41) is 9.92. The van der Waals surface area contributed by atoms with Crippen LogP contribution in [0.15, 0.2) is 36.7 Å². The van der Waals surface area contributed by atoms with Crippen molar-refractivity contribution in [1.82, 2.24) is 14.9 Å². The molecule has 0 aliphatic carbocycles. The predicted octanol–water partition coefficient (Wildman–Crippen LogP) is 2.88. The molecule has 0 radical (unpaired) electrons. The van der Waals surface area contributed by atoms with Gasteiger partial charge in [0, 0.05) is 49.6 Å². The summed E-state index contributed by atoms with van der Waals surface area (Å²) < 4.78 is 0. The summed E-state index contributed by atoms with van der Waals surface area (Å²) in [4.78, 5) is 13.0. The third-order valence-corrected chi connectivity index (χ3v) is 4.55. The Kier molecular flexibility index (Phi) is 4.75. The predicted molar refractivity (Wildman–Crippen MR) is 90.4 cm³/mol. The molecule has 1 aromatic carbocycles. The van der Waals surface area contributed by atoms with Crippen LogP contribution in [0.1, 0.15) is 24.2 Å². The number of piperazine rings is 1. The molecule has 2 aromatic rings. The van der Waals surface area contributed by atoms with Crippen LogP contribution in [-0.2, 0) is 0 Å². The van der Waals surface area contributed by atoms with Crippen molar-refractivity contribution in [2.45, 2.75) is 13.0 Å². The van der Waals surface area contributed by atoms with Crippen molar-refractivity contribution in [3.05, 3.63) is 52.9 Å². The van der Waals surface area contributed by atoms with E-state index >= 15 is 0 Å². The molecule has 1 fully saturated rings. The second-order valence-electron chi connectivity index (χ2n) is 5.59. The van der Waals surface area contributed by atoms with Gasteiger partial charge in [-0.3, -0.25) is 4.90 Å². The van der Waals surface area contributed by atoms with Gasteiger partial charge < -0.3 is 4.90 Å². The second-order valence-corrected chi connectivity index (χ2v) is 6.03. The van der Waals surface area contributed by atoms with Crippen molar-refractivity contribution in [2.24, 2.45) is 0 Å². The highest BCUT2D eigenvalue weighted by Crippen LogP contribution is 2.24. The lowest BCUT2D eigenvalue weighted by Gasteiger charge is -2.38. The molecule has 5 nitrogen and oxygen atoms in total. The fourth-order valence-electron chi connectivity index (χ4n) is 2.91. The van der Waals surface area contributed by atoms with Crippen molar-refractivity contribution in [1.29, 1.82) is 5.26 Å². The fourth-order valence-corrected chi connectivity index (χ4v) is 3.04. The van der Waals surface area contributed by atoms with E-state index in [1.807, 2.05) is 12.1 Å². The monoisotopic (exact) mass is 327 g/mol. The van der Waals surface area contributed by atoms with Crippen molar-refractivity contribution in [3.8, 4) is 6.07 Å². The molecule has 0 bridgehead atoms. The number of anilines is 1. The minimum absolute atomic E-state index is 0.340. The Morgan fingerprint density at radius 3 is 2.39 bits per heavy atom. The van der Waals surface area contributed by atoms with Crippen molar-refractivity contribution in [2.75, 3.05) is 31.1 Å². The molecule has 3 rings (SSSR count). The van der Waals surface area contributed by atoms with Gasteiger partial charge in [-0.15, -0.1) is 0 Å². The number of nitrogens with zero attached hydrogens (tertiary/aromatic N) is 5. The van der Waals surface area contributed by atoms with Gasteiger partial charge in [0.15, 0.2) is 11.5 Å². The quantitative estimate of drug-likeness (QED) is 0.867. The van der Waals surface area contributed by atoms with E-state index in [2.05, 4.69) is 44.9 Å². The smallest absolute Gasteiger partial charge is 0.183 e. The largest absolute Gasteiger partial charge is 0.352 e. The van der Waals surface area contributed by atoms with Crippen LogP contribution < -0.4 is 4.90 Å². The average molecular weight is 328 g/mol. The van der Waals surface area contributed by atoms with Gasteiger partial charge in [0.2, 0.25) is 0 Å². The van der Waals surface area contributed by atoms with Crippen LogP contribution in [0.4, 0.5) is 5.82 Å². The highest BCUT2D eigenvalue weighted by Gasteiger charge is 2.24. The molecule has 1 atom stereocenters. The molecule has 1 aliphatic heterocycles. The second kappa shape index (κ2) is 6.95. The Bertz CT molecular complexity index is 702. The Balaban J connectivity index is 1.66.